The van der Waals surface area contributed by atoms with Crippen molar-refractivity contribution in [3.8, 4) is 0 Å². The summed E-state index contributed by atoms with van der Waals surface area (Å²) < 4.78 is 0.732. The Bertz CT molecular complexity index is 170. The lowest BCUT2D eigenvalue weighted by Gasteiger charge is -2.33. The molecule has 0 amide bonds. The first-order chi connectivity index (χ1) is 5.91. The van der Waals surface area contributed by atoms with Crippen molar-refractivity contribution in [1.29, 1.82) is 0 Å². The second-order valence-corrected chi connectivity index (χ2v) is 10.4. The van der Waals surface area contributed by atoms with Crippen LogP contribution in [0, 0.1) is 5.41 Å². The van der Waals surface area contributed by atoms with Crippen LogP contribution in [0.15, 0.2) is 0 Å². The smallest absolute Gasteiger partial charge is 0.0212 e. The lowest BCUT2D eigenvalue weighted by molar-refractivity contribution is 0.340. The van der Waals surface area contributed by atoms with E-state index >= 15 is 0 Å². The zero-order chi connectivity index (χ0) is 11.6. The zero-order valence-corrected chi connectivity index (χ0v) is 12.7. The summed E-state index contributed by atoms with van der Waals surface area (Å²) in [6, 6.07) is 0. The second-order valence-electron chi connectivity index (χ2n) is 6.78. The van der Waals surface area contributed by atoms with Gasteiger partial charge in [-0.2, -0.15) is 0 Å². The molecule has 0 spiro atoms. The van der Waals surface area contributed by atoms with Crippen molar-refractivity contribution in [2.24, 2.45) is 5.41 Å². The number of rotatable bonds is 3. The van der Waals surface area contributed by atoms with Crippen LogP contribution in [-0.4, -0.2) is 9.49 Å². The zero-order valence-electron chi connectivity index (χ0n) is 11.0. The molecule has 0 rings (SSSR count). The average Bonchev–Trinajstić information content (AvgIpc) is 1.76. The molecule has 0 aliphatic rings. The summed E-state index contributed by atoms with van der Waals surface area (Å²) in [4.78, 5) is 0. The van der Waals surface area contributed by atoms with E-state index in [0.29, 0.717) is 14.9 Å². The van der Waals surface area contributed by atoms with Crippen molar-refractivity contribution >= 4 is 21.6 Å². The normalized spacial score (nSPS) is 14.6. The Kier molecular flexibility index (Phi) is 4.93. The first-order valence-electron chi connectivity index (χ1n) is 5.28. The van der Waals surface area contributed by atoms with Gasteiger partial charge in [-0.3, -0.25) is 0 Å². The summed E-state index contributed by atoms with van der Waals surface area (Å²) in [6.07, 6.45) is 1.26. The van der Waals surface area contributed by atoms with Crippen molar-refractivity contribution in [3.05, 3.63) is 0 Å². The molecule has 0 aromatic rings. The molecule has 0 saturated carbocycles. The molecule has 86 valence electrons. The predicted octanol–water partition coefficient (Wildman–Crippen LogP) is 5.38. The van der Waals surface area contributed by atoms with Gasteiger partial charge in [0, 0.05) is 9.49 Å². The number of hydrogen-bond donors (Lipinski definition) is 0. The van der Waals surface area contributed by atoms with Gasteiger partial charge >= 0.3 is 0 Å². The maximum atomic E-state index is 2.35. The fraction of sp³-hybridized carbons (Fsp3) is 1.00. The van der Waals surface area contributed by atoms with Crippen LogP contribution in [0.3, 0.4) is 0 Å². The predicted molar refractivity (Wildman–Crippen MR) is 73.1 cm³/mol. The molecule has 0 nitrogen and oxygen atoms in total. The van der Waals surface area contributed by atoms with Gasteiger partial charge in [-0.25, -0.2) is 0 Å². The molecule has 0 radical (unpaired) electrons. The summed E-state index contributed by atoms with van der Waals surface area (Å²) >= 11 is 0. The van der Waals surface area contributed by atoms with Crippen molar-refractivity contribution in [3.63, 3.8) is 0 Å². The third-order valence-electron chi connectivity index (χ3n) is 1.47. The minimum Gasteiger partial charge on any atom is -0.0876 e. The summed E-state index contributed by atoms with van der Waals surface area (Å²) in [5.74, 6) is 0. The van der Waals surface area contributed by atoms with Crippen molar-refractivity contribution in [2.45, 2.75) is 71.3 Å². The third kappa shape index (κ3) is 9.26. The van der Waals surface area contributed by atoms with E-state index in [1.54, 1.807) is 0 Å². The lowest BCUT2D eigenvalue weighted by Crippen LogP contribution is -2.23. The summed E-state index contributed by atoms with van der Waals surface area (Å²) in [6.45, 7) is 18.5. The molecule has 0 fully saturated rings. The summed E-state index contributed by atoms with van der Waals surface area (Å²) in [5.41, 5.74) is 0.426. The molecule has 0 heterocycles. The Hall–Kier alpha value is 0.700. The maximum Gasteiger partial charge on any atom is 0.0212 e. The maximum absolute atomic E-state index is 2.35. The highest BCUT2D eigenvalue weighted by molar-refractivity contribution is 8.77. The highest BCUT2D eigenvalue weighted by atomic mass is 33.1. The van der Waals surface area contributed by atoms with E-state index in [4.69, 9.17) is 0 Å². The van der Waals surface area contributed by atoms with Gasteiger partial charge in [0.25, 0.3) is 0 Å². The largest absolute Gasteiger partial charge is 0.0876 e. The Morgan fingerprint density at radius 1 is 0.714 bits per heavy atom. The van der Waals surface area contributed by atoms with Gasteiger partial charge in [0.1, 0.15) is 0 Å². The molecule has 14 heavy (non-hydrogen) atoms. The van der Waals surface area contributed by atoms with Crippen LogP contribution < -0.4 is 0 Å². The molecule has 0 bridgehead atoms. The van der Waals surface area contributed by atoms with E-state index in [-0.39, 0.29) is 0 Å². The SMILES string of the molecule is CC(C)(C)CC(C)(C)SSC(C)(C)C. The van der Waals surface area contributed by atoms with Gasteiger partial charge in [-0.05, 0) is 25.7 Å². The van der Waals surface area contributed by atoms with E-state index < -0.39 is 0 Å². The van der Waals surface area contributed by atoms with Crippen molar-refractivity contribution in [1.82, 2.24) is 0 Å². The monoisotopic (exact) mass is 234 g/mol. The molecule has 0 aliphatic carbocycles. The van der Waals surface area contributed by atoms with Crippen LogP contribution in [0.1, 0.15) is 61.8 Å². The van der Waals surface area contributed by atoms with Gasteiger partial charge in [0.05, 0.1) is 0 Å². The van der Waals surface area contributed by atoms with E-state index in [9.17, 15) is 0 Å². The Balaban J connectivity index is 4.09. The minimum atomic E-state index is 0.361. The molecule has 0 aliphatic heterocycles. The third-order valence-corrected chi connectivity index (χ3v) is 5.76. The first-order valence-corrected chi connectivity index (χ1v) is 7.43. The van der Waals surface area contributed by atoms with E-state index in [2.05, 4.69) is 55.4 Å². The Morgan fingerprint density at radius 2 is 1.14 bits per heavy atom. The Labute approximate surface area is 98.4 Å². The molecule has 0 N–H and O–H groups in total. The molecular weight excluding hydrogens is 208 g/mol. The fourth-order valence-corrected chi connectivity index (χ4v) is 4.12. The number of hydrogen-bond acceptors (Lipinski definition) is 2. The van der Waals surface area contributed by atoms with E-state index in [1.807, 2.05) is 21.6 Å². The molecule has 0 saturated heterocycles. The minimum absolute atomic E-state index is 0.361. The molecule has 0 aromatic carbocycles. The van der Waals surface area contributed by atoms with Crippen LogP contribution >= 0.6 is 21.6 Å². The molecular formula is C12H26S2. The van der Waals surface area contributed by atoms with Crippen molar-refractivity contribution < 1.29 is 0 Å². The second kappa shape index (κ2) is 4.69. The molecule has 0 atom stereocenters. The lowest BCUT2D eigenvalue weighted by atomic mass is 9.86. The van der Waals surface area contributed by atoms with Gasteiger partial charge in [0.2, 0.25) is 0 Å². The first kappa shape index (κ1) is 14.7. The Morgan fingerprint density at radius 3 is 1.43 bits per heavy atom. The van der Waals surface area contributed by atoms with Gasteiger partial charge in [-0.1, -0.05) is 63.1 Å². The van der Waals surface area contributed by atoms with Crippen LogP contribution in [0.5, 0.6) is 0 Å². The quantitative estimate of drug-likeness (QED) is 0.601. The van der Waals surface area contributed by atoms with Gasteiger partial charge in [-0.15, -0.1) is 0 Å². The van der Waals surface area contributed by atoms with Crippen molar-refractivity contribution in [2.75, 3.05) is 0 Å². The highest BCUT2D eigenvalue weighted by Crippen LogP contribution is 2.47. The van der Waals surface area contributed by atoms with Gasteiger partial charge in [0.15, 0.2) is 0 Å². The van der Waals surface area contributed by atoms with E-state index in [1.165, 1.54) is 6.42 Å². The van der Waals surface area contributed by atoms with Gasteiger partial charge < -0.3 is 0 Å². The summed E-state index contributed by atoms with van der Waals surface area (Å²) in [7, 11) is 4.03. The molecule has 0 aromatic heterocycles. The fourth-order valence-electron chi connectivity index (χ4n) is 1.54. The topological polar surface area (TPSA) is 0 Å². The van der Waals surface area contributed by atoms with Crippen LogP contribution in [0.25, 0.3) is 0 Å². The van der Waals surface area contributed by atoms with E-state index in [0.717, 1.165) is 0 Å². The molecule has 2 heteroatoms. The standard InChI is InChI=1S/C12H26S2/c1-10(2,3)9-12(7,8)14-13-11(4,5)6/h9H2,1-8H3. The van der Waals surface area contributed by atoms with Crippen LogP contribution in [0.2, 0.25) is 0 Å². The average molecular weight is 234 g/mol. The highest BCUT2D eigenvalue weighted by Gasteiger charge is 2.28. The van der Waals surface area contributed by atoms with Crippen LogP contribution in [0.4, 0.5) is 0 Å². The summed E-state index contributed by atoms with van der Waals surface area (Å²) in [5, 5.41) is 0. The molecule has 0 unspecified atom stereocenters. The van der Waals surface area contributed by atoms with Crippen LogP contribution in [-0.2, 0) is 0 Å².